The summed E-state index contributed by atoms with van der Waals surface area (Å²) < 4.78 is 0. The summed E-state index contributed by atoms with van der Waals surface area (Å²) in [5.41, 5.74) is 0. The zero-order valence-electron chi connectivity index (χ0n) is 9.98. The van der Waals surface area contributed by atoms with E-state index in [1.807, 2.05) is 16.7 Å². The molecule has 92 valence electrons. The van der Waals surface area contributed by atoms with Crippen molar-refractivity contribution in [3.05, 3.63) is 0 Å². The lowest BCUT2D eigenvalue weighted by Crippen LogP contribution is -2.50. The van der Waals surface area contributed by atoms with Gasteiger partial charge in [-0.25, -0.2) is 0 Å². The molecule has 1 N–H and O–H groups in total. The summed E-state index contributed by atoms with van der Waals surface area (Å²) in [7, 11) is 0. The number of hydrogen-bond donors (Lipinski definition) is 1. The molecule has 1 unspecified atom stereocenters. The molecule has 0 aromatic rings. The van der Waals surface area contributed by atoms with Crippen molar-refractivity contribution in [1.29, 1.82) is 0 Å². The summed E-state index contributed by atoms with van der Waals surface area (Å²) in [5, 5.41) is 8.73. The third-order valence-electron chi connectivity index (χ3n) is 3.03. The van der Waals surface area contributed by atoms with Gasteiger partial charge in [0.15, 0.2) is 0 Å². The molecule has 0 aromatic carbocycles. The van der Waals surface area contributed by atoms with Crippen molar-refractivity contribution in [1.82, 2.24) is 9.80 Å². The Labute approximate surface area is 96.0 Å². The lowest BCUT2D eigenvalue weighted by atomic mass is 10.0. The van der Waals surface area contributed by atoms with Crippen LogP contribution in [0.5, 0.6) is 0 Å². The van der Waals surface area contributed by atoms with Crippen molar-refractivity contribution >= 4 is 11.9 Å². The minimum Gasteiger partial charge on any atom is -0.480 e. The second kappa shape index (κ2) is 5.84. The van der Waals surface area contributed by atoms with E-state index in [0.717, 1.165) is 19.4 Å². The number of carbonyl (C=O) groups excluding carboxylic acids is 1. The highest BCUT2D eigenvalue weighted by atomic mass is 16.4. The first-order chi connectivity index (χ1) is 7.54. The van der Waals surface area contributed by atoms with Crippen molar-refractivity contribution in [3.63, 3.8) is 0 Å². The third-order valence-corrected chi connectivity index (χ3v) is 3.03. The van der Waals surface area contributed by atoms with E-state index in [4.69, 9.17) is 5.11 Å². The third kappa shape index (κ3) is 3.48. The van der Waals surface area contributed by atoms with E-state index in [0.29, 0.717) is 13.1 Å². The molecule has 16 heavy (non-hydrogen) atoms. The lowest BCUT2D eigenvalue weighted by molar-refractivity contribution is -0.139. The Morgan fingerprint density at radius 2 is 2.19 bits per heavy atom. The summed E-state index contributed by atoms with van der Waals surface area (Å²) in [6.45, 7) is 5.79. The highest BCUT2D eigenvalue weighted by molar-refractivity contribution is 5.73. The van der Waals surface area contributed by atoms with Crippen LogP contribution in [-0.2, 0) is 9.59 Å². The van der Waals surface area contributed by atoms with E-state index in [9.17, 15) is 9.59 Å². The first kappa shape index (κ1) is 13.0. The molecule has 1 rings (SSSR count). The van der Waals surface area contributed by atoms with Gasteiger partial charge in [0, 0.05) is 26.1 Å². The van der Waals surface area contributed by atoms with Crippen LogP contribution in [0.1, 0.15) is 26.7 Å². The molecule has 1 atom stereocenters. The van der Waals surface area contributed by atoms with Gasteiger partial charge < -0.3 is 10.0 Å². The summed E-state index contributed by atoms with van der Waals surface area (Å²) in [4.78, 5) is 25.8. The number of carboxylic acids is 1. The van der Waals surface area contributed by atoms with E-state index in [2.05, 4.69) is 0 Å². The van der Waals surface area contributed by atoms with Crippen LogP contribution in [0.25, 0.3) is 0 Å². The van der Waals surface area contributed by atoms with Crippen LogP contribution in [0.3, 0.4) is 0 Å². The van der Waals surface area contributed by atoms with Crippen molar-refractivity contribution in [3.8, 4) is 0 Å². The van der Waals surface area contributed by atoms with E-state index < -0.39 is 5.97 Å². The normalized spacial score (nSPS) is 21.8. The quantitative estimate of drug-likeness (QED) is 0.757. The predicted octanol–water partition coefficient (Wildman–Crippen LogP) is 0.404. The highest BCUT2D eigenvalue weighted by Crippen LogP contribution is 2.15. The standard InChI is InChI=1S/C11H20N2O3/c1-3-13(9(2)14)10-5-4-6-12(7-10)8-11(15)16/h10H,3-8H2,1-2H3,(H,15,16). The van der Waals surface area contributed by atoms with Crippen LogP contribution in [0.2, 0.25) is 0 Å². The summed E-state index contributed by atoms with van der Waals surface area (Å²) >= 11 is 0. The van der Waals surface area contributed by atoms with Gasteiger partial charge in [-0.15, -0.1) is 0 Å². The Kier molecular flexibility index (Phi) is 4.73. The second-order valence-electron chi connectivity index (χ2n) is 4.23. The fourth-order valence-corrected chi connectivity index (χ4v) is 2.36. The highest BCUT2D eigenvalue weighted by Gasteiger charge is 2.26. The molecule has 1 saturated heterocycles. The van der Waals surface area contributed by atoms with E-state index in [-0.39, 0.29) is 18.5 Å². The SMILES string of the molecule is CCN(C(C)=O)C1CCCN(CC(=O)O)C1. The van der Waals surface area contributed by atoms with Crippen molar-refractivity contribution in [2.75, 3.05) is 26.2 Å². The topological polar surface area (TPSA) is 60.9 Å². The Balaban J connectivity index is 2.55. The zero-order valence-corrected chi connectivity index (χ0v) is 9.98. The minimum absolute atomic E-state index is 0.0738. The van der Waals surface area contributed by atoms with Gasteiger partial charge in [-0.2, -0.15) is 0 Å². The number of carboxylic acid groups (broad SMARTS) is 1. The number of aliphatic carboxylic acids is 1. The molecule has 0 radical (unpaired) electrons. The van der Waals surface area contributed by atoms with Gasteiger partial charge in [0.1, 0.15) is 0 Å². The largest absolute Gasteiger partial charge is 0.480 e. The van der Waals surface area contributed by atoms with Crippen molar-refractivity contribution in [2.45, 2.75) is 32.7 Å². The Morgan fingerprint density at radius 1 is 1.50 bits per heavy atom. The first-order valence-electron chi connectivity index (χ1n) is 5.76. The van der Waals surface area contributed by atoms with Crippen LogP contribution < -0.4 is 0 Å². The molecule has 0 aliphatic carbocycles. The van der Waals surface area contributed by atoms with E-state index in [1.165, 1.54) is 0 Å². The number of likely N-dealkylation sites (tertiary alicyclic amines) is 1. The van der Waals surface area contributed by atoms with Gasteiger partial charge in [0.2, 0.25) is 5.91 Å². The lowest BCUT2D eigenvalue weighted by Gasteiger charge is -2.38. The maximum absolute atomic E-state index is 11.4. The molecule has 5 heteroatoms. The van der Waals surface area contributed by atoms with Crippen LogP contribution in [0.15, 0.2) is 0 Å². The van der Waals surface area contributed by atoms with Gasteiger partial charge in [0.05, 0.1) is 6.54 Å². The second-order valence-corrected chi connectivity index (χ2v) is 4.23. The van der Waals surface area contributed by atoms with Crippen LogP contribution >= 0.6 is 0 Å². The summed E-state index contributed by atoms with van der Waals surface area (Å²) in [6, 6.07) is 0.176. The molecular weight excluding hydrogens is 208 g/mol. The molecule has 5 nitrogen and oxygen atoms in total. The fraction of sp³-hybridized carbons (Fsp3) is 0.818. The maximum atomic E-state index is 11.4. The van der Waals surface area contributed by atoms with Gasteiger partial charge >= 0.3 is 5.97 Å². The smallest absolute Gasteiger partial charge is 0.317 e. The Bertz CT molecular complexity index is 268. The number of hydrogen-bond acceptors (Lipinski definition) is 3. The average molecular weight is 228 g/mol. The molecule has 0 aromatic heterocycles. The van der Waals surface area contributed by atoms with Crippen molar-refractivity contribution in [2.24, 2.45) is 0 Å². The van der Waals surface area contributed by atoms with E-state index >= 15 is 0 Å². The Hall–Kier alpha value is -1.10. The maximum Gasteiger partial charge on any atom is 0.317 e. The number of likely N-dealkylation sites (N-methyl/N-ethyl adjacent to an activating group) is 1. The monoisotopic (exact) mass is 228 g/mol. The predicted molar refractivity (Wildman–Crippen MR) is 60.2 cm³/mol. The number of amides is 1. The van der Waals surface area contributed by atoms with Crippen LogP contribution in [0, 0.1) is 0 Å². The Morgan fingerprint density at radius 3 is 2.69 bits per heavy atom. The molecule has 1 amide bonds. The van der Waals surface area contributed by atoms with Crippen LogP contribution in [0.4, 0.5) is 0 Å². The first-order valence-corrected chi connectivity index (χ1v) is 5.76. The number of rotatable bonds is 4. The molecule has 0 bridgehead atoms. The number of carbonyl (C=O) groups is 2. The van der Waals surface area contributed by atoms with Gasteiger partial charge in [-0.1, -0.05) is 0 Å². The number of piperidine rings is 1. The number of nitrogens with zero attached hydrogens (tertiary/aromatic N) is 2. The van der Waals surface area contributed by atoms with Crippen LogP contribution in [-0.4, -0.2) is 59.0 Å². The molecule has 1 heterocycles. The minimum atomic E-state index is -0.800. The fourth-order valence-electron chi connectivity index (χ4n) is 2.36. The van der Waals surface area contributed by atoms with Gasteiger partial charge in [-0.05, 0) is 26.3 Å². The molecule has 1 aliphatic rings. The molecule has 1 fully saturated rings. The van der Waals surface area contributed by atoms with Gasteiger partial charge in [-0.3, -0.25) is 14.5 Å². The molecule has 0 saturated carbocycles. The molecule has 1 aliphatic heterocycles. The van der Waals surface area contributed by atoms with Crippen molar-refractivity contribution < 1.29 is 14.7 Å². The summed E-state index contributed by atoms with van der Waals surface area (Å²) in [5.74, 6) is -0.726. The molecule has 0 spiro atoms. The molecular formula is C11H20N2O3. The van der Waals surface area contributed by atoms with Gasteiger partial charge in [0.25, 0.3) is 0 Å². The van der Waals surface area contributed by atoms with E-state index in [1.54, 1.807) is 6.92 Å². The zero-order chi connectivity index (χ0) is 12.1. The average Bonchev–Trinajstić information content (AvgIpc) is 2.17. The summed E-state index contributed by atoms with van der Waals surface area (Å²) in [6.07, 6.45) is 1.94.